The quantitative estimate of drug-likeness (QED) is 0.864. The first-order chi connectivity index (χ1) is 9.89. The van der Waals surface area contributed by atoms with Gasteiger partial charge < -0.3 is 10.0 Å². The number of carbonyl (C=O) groups is 2. The molecule has 1 amide bonds. The third kappa shape index (κ3) is 3.14. The molecule has 1 saturated heterocycles. The molecular formula is C14H16Cl2N2O3. The van der Waals surface area contributed by atoms with Crippen molar-refractivity contribution in [2.45, 2.75) is 26.2 Å². The van der Waals surface area contributed by atoms with E-state index in [0.717, 1.165) is 0 Å². The minimum absolute atomic E-state index is 0.139. The van der Waals surface area contributed by atoms with Gasteiger partial charge in [0.2, 0.25) is 0 Å². The van der Waals surface area contributed by atoms with Crippen molar-refractivity contribution in [3.05, 3.63) is 28.0 Å². The number of carbonyl (C=O) groups excluding carboxylic acids is 1. The van der Waals surface area contributed by atoms with Gasteiger partial charge in [-0.05, 0) is 25.3 Å². The van der Waals surface area contributed by atoms with E-state index in [1.807, 2.05) is 6.92 Å². The molecule has 0 saturated carbocycles. The number of aliphatic carboxylic acids is 1. The molecule has 21 heavy (non-hydrogen) atoms. The molecule has 5 nitrogen and oxygen atoms in total. The third-order valence-corrected chi connectivity index (χ3v) is 4.72. The minimum atomic E-state index is -0.864. The summed E-state index contributed by atoms with van der Waals surface area (Å²) in [6.07, 6.45) is 3.11. The van der Waals surface area contributed by atoms with Crippen molar-refractivity contribution in [2.24, 2.45) is 5.41 Å². The summed E-state index contributed by atoms with van der Waals surface area (Å²) in [4.78, 5) is 29.4. The van der Waals surface area contributed by atoms with Crippen molar-refractivity contribution in [2.75, 3.05) is 13.1 Å². The van der Waals surface area contributed by atoms with Crippen LogP contribution in [0.15, 0.2) is 12.3 Å². The highest BCUT2D eigenvalue weighted by Gasteiger charge is 2.42. The van der Waals surface area contributed by atoms with Gasteiger partial charge in [-0.1, -0.05) is 30.1 Å². The first-order valence-electron chi connectivity index (χ1n) is 6.73. The second kappa shape index (κ2) is 6.20. The number of carboxylic acid groups (broad SMARTS) is 1. The molecule has 114 valence electrons. The van der Waals surface area contributed by atoms with E-state index < -0.39 is 11.4 Å². The highest BCUT2D eigenvalue weighted by Crippen LogP contribution is 2.34. The van der Waals surface area contributed by atoms with Crippen molar-refractivity contribution in [1.29, 1.82) is 0 Å². The number of hydrogen-bond donors (Lipinski definition) is 1. The van der Waals surface area contributed by atoms with Crippen LogP contribution in [0.2, 0.25) is 10.2 Å². The summed E-state index contributed by atoms with van der Waals surface area (Å²) < 4.78 is 0. The van der Waals surface area contributed by atoms with Crippen molar-refractivity contribution < 1.29 is 14.7 Å². The number of nitrogens with zero attached hydrogens (tertiary/aromatic N) is 2. The van der Waals surface area contributed by atoms with E-state index >= 15 is 0 Å². The number of piperidine rings is 1. The van der Waals surface area contributed by atoms with Gasteiger partial charge in [-0.15, -0.1) is 0 Å². The van der Waals surface area contributed by atoms with Gasteiger partial charge in [0.05, 0.1) is 16.0 Å². The largest absolute Gasteiger partial charge is 0.481 e. The van der Waals surface area contributed by atoms with Crippen LogP contribution in [0.4, 0.5) is 0 Å². The van der Waals surface area contributed by atoms with Gasteiger partial charge in [0.1, 0.15) is 5.15 Å². The first-order valence-corrected chi connectivity index (χ1v) is 7.49. The van der Waals surface area contributed by atoms with Gasteiger partial charge in [-0.2, -0.15) is 0 Å². The number of hydrogen-bond acceptors (Lipinski definition) is 3. The van der Waals surface area contributed by atoms with E-state index in [0.29, 0.717) is 31.4 Å². The fraction of sp³-hybridized carbons (Fsp3) is 0.500. The van der Waals surface area contributed by atoms with Crippen LogP contribution < -0.4 is 0 Å². The summed E-state index contributed by atoms with van der Waals surface area (Å²) in [5.41, 5.74) is -0.543. The summed E-state index contributed by atoms with van der Waals surface area (Å²) in [5.74, 6) is -1.12. The zero-order chi connectivity index (χ0) is 15.6. The molecule has 0 aliphatic carbocycles. The lowest BCUT2D eigenvalue weighted by molar-refractivity contribution is -0.152. The summed E-state index contributed by atoms with van der Waals surface area (Å²) in [6, 6.07) is 1.46. The van der Waals surface area contributed by atoms with E-state index in [4.69, 9.17) is 23.2 Å². The minimum Gasteiger partial charge on any atom is -0.481 e. The molecule has 2 heterocycles. The Balaban J connectivity index is 2.22. The third-order valence-electron chi connectivity index (χ3n) is 4.04. The molecule has 1 aliphatic heterocycles. The zero-order valence-corrected chi connectivity index (χ0v) is 13.1. The molecule has 0 bridgehead atoms. The maximum absolute atomic E-state index is 12.5. The number of likely N-dealkylation sites (tertiary alicyclic amines) is 1. The van der Waals surface area contributed by atoms with Crippen LogP contribution in [0.3, 0.4) is 0 Å². The molecular weight excluding hydrogens is 315 g/mol. The Bertz CT molecular complexity index is 579. The van der Waals surface area contributed by atoms with Crippen molar-refractivity contribution in [3.63, 3.8) is 0 Å². The van der Waals surface area contributed by atoms with Crippen LogP contribution in [0.25, 0.3) is 0 Å². The average Bonchev–Trinajstić information content (AvgIpc) is 2.49. The second-order valence-electron chi connectivity index (χ2n) is 5.27. The average molecular weight is 331 g/mol. The van der Waals surface area contributed by atoms with Crippen LogP contribution in [-0.2, 0) is 4.79 Å². The maximum atomic E-state index is 12.5. The molecule has 0 aromatic carbocycles. The fourth-order valence-corrected chi connectivity index (χ4v) is 2.91. The molecule has 1 aromatic heterocycles. The molecule has 0 radical (unpaired) electrons. The van der Waals surface area contributed by atoms with Crippen LogP contribution in [-0.4, -0.2) is 40.0 Å². The smallest absolute Gasteiger partial charge is 0.311 e. The van der Waals surface area contributed by atoms with E-state index in [1.54, 1.807) is 4.90 Å². The monoisotopic (exact) mass is 330 g/mol. The molecule has 1 unspecified atom stereocenters. The van der Waals surface area contributed by atoms with Crippen molar-refractivity contribution in [1.82, 2.24) is 9.88 Å². The Morgan fingerprint density at radius 1 is 1.48 bits per heavy atom. The van der Waals surface area contributed by atoms with E-state index in [1.165, 1.54) is 12.3 Å². The van der Waals surface area contributed by atoms with Gasteiger partial charge in [0.25, 0.3) is 5.91 Å². The van der Waals surface area contributed by atoms with Crippen LogP contribution >= 0.6 is 23.2 Å². The van der Waals surface area contributed by atoms with Gasteiger partial charge in [-0.3, -0.25) is 9.59 Å². The predicted octanol–water partition coefficient (Wildman–Crippen LogP) is 3.11. The number of carboxylic acids is 1. The summed E-state index contributed by atoms with van der Waals surface area (Å²) in [6.45, 7) is 2.58. The number of halogens is 2. The number of amides is 1. The molecule has 1 aliphatic rings. The fourth-order valence-electron chi connectivity index (χ4n) is 2.64. The van der Waals surface area contributed by atoms with E-state index in [9.17, 15) is 14.7 Å². The van der Waals surface area contributed by atoms with Gasteiger partial charge in [0, 0.05) is 19.3 Å². The highest BCUT2D eigenvalue weighted by molar-refractivity contribution is 6.41. The Kier molecular flexibility index (Phi) is 4.74. The summed E-state index contributed by atoms with van der Waals surface area (Å²) >= 11 is 11.6. The van der Waals surface area contributed by atoms with Crippen LogP contribution in [0, 0.1) is 5.41 Å². The summed E-state index contributed by atoms with van der Waals surface area (Å²) in [7, 11) is 0. The Morgan fingerprint density at radius 3 is 2.76 bits per heavy atom. The number of aromatic nitrogens is 1. The first kappa shape index (κ1) is 16.0. The molecule has 7 heteroatoms. The van der Waals surface area contributed by atoms with Gasteiger partial charge >= 0.3 is 5.97 Å². The van der Waals surface area contributed by atoms with Crippen LogP contribution in [0.5, 0.6) is 0 Å². The van der Waals surface area contributed by atoms with Crippen molar-refractivity contribution in [3.8, 4) is 0 Å². The van der Waals surface area contributed by atoms with Gasteiger partial charge in [-0.25, -0.2) is 4.98 Å². The molecule has 1 aromatic rings. The second-order valence-corrected chi connectivity index (χ2v) is 6.03. The standard InChI is InChI=1S/C14H16Cl2N2O3/c1-2-14(13(20)21)4-3-5-18(8-14)12(19)9-6-10(15)11(16)17-7-9/h6-7H,2-5,8H2,1H3,(H,20,21). The molecule has 1 atom stereocenters. The molecule has 1 fully saturated rings. The number of pyridine rings is 1. The normalized spacial score (nSPS) is 22.1. The zero-order valence-electron chi connectivity index (χ0n) is 11.6. The molecule has 2 rings (SSSR count). The number of rotatable bonds is 3. The SMILES string of the molecule is CCC1(C(=O)O)CCCN(C(=O)c2cnc(Cl)c(Cl)c2)C1. The van der Waals surface area contributed by atoms with Gasteiger partial charge in [0.15, 0.2) is 0 Å². The topological polar surface area (TPSA) is 70.5 Å². The lowest BCUT2D eigenvalue weighted by Gasteiger charge is -2.39. The Labute approximate surface area is 132 Å². The van der Waals surface area contributed by atoms with E-state index in [-0.39, 0.29) is 22.6 Å². The highest BCUT2D eigenvalue weighted by atomic mass is 35.5. The lowest BCUT2D eigenvalue weighted by Crippen LogP contribution is -2.49. The maximum Gasteiger partial charge on any atom is 0.311 e. The predicted molar refractivity (Wildman–Crippen MR) is 79.8 cm³/mol. The summed E-state index contributed by atoms with van der Waals surface area (Å²) in [5, 5.41) is 9.80. The Morgan fingerprint density at radius 2 is 2.19 bits per heavy atom. The molecule has 1 N–H and O–H groups in total. The lowest BCUT2D eigenvalue weighted by atomic mass is 9.77. The Hall–Kier alpha value is -1.33. The van der Waals surface area contributed by atoms with Crippen LogP contribution in [0.1, 0.15) is 36.5 Å². The van der Waals surface area contributed by atoms with E-state index in [2.05, 4.69) is 4.98 Å². The van der Waals surface area contributed by atoms with Crippen molar-refractivity contribution >= 4 is 35.1 Å². The molecule has 0 spiro atoms.